The number of amides is 5. The Morgan fingerprint density at radius 1 is 1.02 bits per heavy atom. The molecule has 42 heavy (non-hydrogen) atoms. The van der Waals surface area contributed by atoms with Crippen molar-refractivity contribution in [2.75, 3.05) is 6.54 Å². The maximum Gasteiger partial charge on any atom is 0.315 e. The van der Waals surface area contributed by atoms with Gasteiger partial charge in [0.25, 0.3) is 5.91 Å². The van der Waals surface area contributed by atoms with Crippen molar-refractivity contribution < 1.29 is 24.0 Å². The zero-order chi connectivity index (χ0) is 30.5. The molecule has 4 rings (SSSR count). The number of Topliss-reactive ketones (excluding diaryl/α,β-unsaturated/α-hetero) is 1. The molecule has 2 heterocycles. The van der Waals surface area contributed by atoms with Crippen LogP contribution in [0.3, 0.4) is 0 Å². The number of aromatic nitrogens is 1. The van der Waals surface area contributed by atoms with Crippen LogP contribution >= 0.6 is 0 Å². The van der Waals surface area contributed by atoms with E-state index in [1.165, 1.54) is 4.90 Å². The first-order valence-electron chi connectivity index (χ1n) is 15.3. The largest absolute Gasteiger partial charge is 0.363 e. The number of nitrogens with two attached hydrogens (primary N) is 1. The number of primary amides is 1. The van der Waals surface area contributed by atoms with Crippen LogP contribution in [0.1, 0.15) is 90.7 Å². The molecule has 0 radical (unpaired) electrons. The van der Waals surface area contributed by atoms with E-state index < -0.39 is 52.7 Å². The third-order valence-corrected chi connectivity index (χ3v) is 8.80. The molecule has 2 saturated carbocycles. The highest BCUT2D eigenvalue weighted by molar-refractivity contribution is 6.37. The van der Waals surface area contributed by atoms with E-state index in [4.69, 9.17) is 5.73 Å². The van der Waals surface area contributed by atoms with E-state index in [1.807, 2.05) is 39.0 Å². The number of carbonyl (C=O) groups is 5. The van der Waals surface area contributed by atoms with Crippen LogP contribution in [0, 0.1) is 11.3 Å². The average molecular weight is 583 g/mol. The summed E-state index contributed by atoms with van der Waals surface area (Å²) >= 11 is 0. The van der Waals surface area contributed by atoms with Crippen molar-refractivity contribution in [1.29, 1.82) is 0 Å². The molecule has 5 N–H and O–H groups in total. The summed E-state index contributed by atoms with van der Waals surface area (Å²) in [6, 6.07) is 2.66. The molecule has 3 atom stereocenters. The summed E-state index contributed by atoms with van der Waals surface area (Å²) in [5.74, 6) is -2.45. The van der Waals surface area contributed by atoms with Crippen LogP contribution < -0.4 is 21.7 Å². The van der Waals surface area contributed by atoms with Crippen molar-refractivity contribution in [3.63, 3.8) is 0 Å². The minimum Gasteiger partial charge on any atom is -0.363 e. The average Bonchev–Trinajstić information content (AvgIpc) is 3.61. The second-order valence-corrected chi connectivity index (χ2v) is 13.4. The molecular weight excluding hydrogens is 536 g/mol. The van der Waals surface area contributed by atoms with E-state index in [0.29, 0.717) is 32.2 Å². The Balaban J connectivity index is 1.46. The zero-order valence-corrected chi connectivity index (χ0v) is 25.1. The van der Waals surface area contributed by atoms with Crippen LogP contribution in [0.25, 0.3) is 0 Å². The van der Waals surface area contributed by atoms with Gasteiger partial charge in [-0.05, 0) is 55.6 Å². The van der Waals surface area contributed by atoms with E-state index in [9.17, 15) is 24.0 Å². The molecule has 1 aliphatic heterocycles. The molecule has 5 amide bonds. The van der Waals surface area contributed by atoms with Crippen molar-refractivity contribution in [3.05, 3.63) is 30.1 Å². The van der Waals surface area contributed by atoms with Crippen LogP contribution in [-0.4, -0.2) is 69.6 Å². The lowest BCUT2D eigenvalue weighted by molar-refractivity contribution is -0.143. The lowest BCUT2D eigenvalue weighted by atomic mass is 9.78. The molecule has 1 saturated heterocycles. The number of pyridine rings is 1. The Morgan fingerprint density at radius 3 is 2.33 bits per heavy atom. The second kappa shape index (κ2) is 13.2. The topological polar surface area (TPSA) is 164 Å². The van der Waals surface area contributed by atoms with Gasteiger partial charge in [0.1, 0.15) is 12.1 Å². The summed E-state index contributed by atoms with van der Waals surface area (Å²) in [5, 5.41) is 8.87. The molecule has 1 aromatic rings. The summed E-state index contributed by atoms with van der Waals surface area (Å²) in [4.78, 5) is 70.8. The van der Waals surface area contributed by atoms with Gasteiger partial charge in [-0.15, -0.1) is 0 Å². The minimum absolute atomic E-state index is 0.276. The summed E-state index contributed by atoms with van der Waals surface area (Å²) in [6.45, 7) is 5.99. The van der Waals surface area contributed by atoms with Gasteiger partial charge >= 0.3 is 6.03 Å². The number of hydrogen-bond acceptors (Lipinski definition) is 6. The fourth-order valence-corrected chi connectivity index (χ4v) is 6.31. The van der Waals surface area contributed by atoms with Crippen molar-refractivity contribution in [2.45, 2.75) is 115 Å². The summed E-state index contributed by atoms with van der Waals surface area (Å²) in [6.07, 6.45) is 10.4. The Kier molecular flexibility index (Phi) is 9.89. The molecule has 3 fully saturated rings. The SMILES string of the molecule is CC(C)(C)C(NC(=O)NC1(Cc2ccccn2)CCCCC1)C(=O)N1CCCC1C(=O)NC(CC1CC1)C(=O)C(N)=O. The molecular formula is C31H46N6O5. The van der Waals surface area contributed by atoms with Gasteiger partial charge in [-0.25, -0.2) is 4.79 Å². The number of rotatable bonds is 11. The highest BCUT2D eigenvalue weighted by Crippen LogP contribution is 2.34. The standard InChI is InChI=1S/C31H46N6O5/c1-30(2,3)25(35-29(42)36-31(14-6-4-7-15-31)19-21-10-5-8-16-33-21)28(41)37-17-9-11-23(37)27(40)34-22(18-20-12-13-20)24(38)26(32)39/h5,8,10,16,20,22-23,25H,4,6-7,9,11-15,17-19H2,1-3H3,(H2,32,39)(H,34,40)(H2,35,36,42). The summed E-state index contributed by atoms with van der Waals surface area (Å²) in [5.41, 5.74) is 5.04. The lowest BCUT2D eigenvalue weighted by Crippen LogP contribution is -2.62. The van der Waals surface area contributed by atoms with Crippen LogP contribution in [0.15, 0.2) is 24.4 Å². The molecule has 11 heteroatoms. The highest BCUT2D eigenvalue weighted by Gasteiger charge is 2.44. The fraction of sp³-hybridized carbons (Fsp3) is 0.677. The first-order chi connectivity index (χ1) is 19.9. The van der Waals surface area contributed by atoms with E-state index in [-0.39, 0.29) is 11.8 Å². The molecule has 0 spiro atoms. The summed E-state index contributed by atoms with van der Waals surface area (Å²) in [7, 11) is 0. The molecule has 11 nitrogen and oxygen atoms in total. The van der Waals surface area contributed by atoms with E-state index >= 15 is 0 Å². The monoisotopic (exact) mass is 582 g/mol. The molecule has 0 bridgehead atoms. The normalized spacial score (nSPS) is 21.6. The molecule has 3 unspecified atom stereocenters. The van der Waals surface area contributed by atoms with E-state index in [0.717, 1.165) is 50.6 Å². The molecule has 3 aliphatic rings. The predicted octanol–water partition coefficient (Wildman–Crippen LogP) is 2.37. The zero-order valence-electron chi connectivity index (χ0n) is 25.1. The van der Waals surface area contributed by atoms with Gasteiger partial charge in [-0.1, -0.05) is 58.9 Å². The van der Waals surface area contributed by atoms with Gasteiger partial charge in [0.15, 0.2) is 0 Å². The number of urea groups is 1. The molecule has 2 aliphatic carbocycles. The number of nitrogens with one attached hydrogen (secondary N) is 3. The smallest absolute Gasteiger partial charge is 0.315 e. The van der Waals surface area contributed by atoms with Crippen LogP contribution in [0.2, 0.25) is 0 Å². The Bertz CT molecular complexity index is 1160. The van der Waals surface area contributed by atoms with Crippen molar-refractivity contribution in [3.8, 4) is 0 Å². The summed E-state index contributed by atoms with van der Waals surface area (Å²) < 4.78 is 0. The van der Waals surface area contributed by atoms with Gasteiger partial charge in [-0.2, -0.15) is 0 Å². The third kappa shape index (κ3) is 8.07. The number of hydrogen-bond donors (Lipinski definition) is 4. The van der Waals surface area contributed by atoms with Gasteiger partial charge in [0, 0.05) is 30.4 Å². The maximum atomic E-state index is 14.0. The van der Waals surface area contributed by atoms with Gasteiger partial charge in [0.05, 0.1) is 6.04 Å². The number of carbonyl (C=O) groups excluding carboxylic acids is 5. The first-order valence-corrected chi connectivity index (χ1v) is 15.3. The van der Waals surface area contributed by atoms with Gasteiger partial charge < -0.3 is 26.6 Å². The van der Waals surface area contributed by atoms with E-state index in [1.54, 1.807) is 6.20 Å². The third-order valence-electron chi connectivity index (χ3n) is 8.80. The number of likely N-dealkylation sites (tertiary alicyclic amines) is 1. The minimum atomic E-state index is -1.08. The van der Waals surface area contributed by atoms with Crippen molar-refractivity contribution in [1.82, 2.24) is 25.8 Å². The molecule has 230 valence electrons. The number of ketones is 1. The Hall–Kier alpha value is -3.50. The van der Waals surface area contributed by atoms with Crippen LogP contribution in [0.5, 0.6) is 0 Å². The van der Waals surface area contributed by atoms with Crippen molar-refractivity contribution in [2.24, 2.45) is 17.1 Å². The van der Waals surface area contributed by atoms with E-state index in [2.05, 4.69) is 20.9 Å². The molecule has 0 aromatic carbocycles. The predicted molar refractivity (Wildman–Crippen MR) is 157 cm³/mol. The van der Waals surface area contributed by atoms with Gasteiger partial charge in [-0.3, -0.25) is 24.2 Å². The fourth-order valence-electron chi connectivity index (χ4n) is 6.31. The second-order valence-electron chi connectivity index (χ2n) is 13.4. The maximum absolute atomic E-state index is 14.0. The Morgan fingerprint density at radius 2 is 1.74 bits per heavy atom. The molecule has 1 aromatic heterocycles. The lowest BCUT2D eigenvalue weighted by Gasteiger charge is -2.40. The first kappa shape index (κ1) is 31.4. The highest BCUT2D eigenvalue weighted by atomic mass is 16.2. The van der Waals surface area contributed by atoms with Crippen LogP contribution in [-0.2, 0) is 25.6 Å². The van der Waals surface area contributed by atoms with Crippen molar-refractivity contribution >= 4 is 29.5 Å². The van der Waals surface area contributed by atoms with Crippen LogP contribution in [0.4, 0.5) is 4.79 Å². The quantitative estimate of drug-likeness (QED) is 0.293. The van der Waals surface area contributed by atoms with Gasteiger partial charge in [0.2, 0.25) is 17.6 Å². The Labute approximate surface area is 248 Å². The number of nitrogens with zero attached hydrogens (tertiary/aromatic N) is 2.